The van der Waals surface area contributed by atoms with Gasteiger partial charge in [-0.2, -0.15) is 5.26 Å². The van der Waals surface area contributed by atoms with Gasteiger partial charge in [-0.05, 0) is 12.1 Å². The number of hydrogen-bond donors (Lipinski definition) is 0. The van der Waals surface area contributed by atoms with Crippen molar-refractivity contribution in [1.29, 1.82) is 5.26 Å². The van der Waals surface area contributed by atoms with Crippen LogP contribution >= 0.6 is 11.3 Å². The van der Waals surface area contributed by atoms with Crippen molar-refractivity contribution in [3.05, 3.63) is 28.9 Å². The fourth-order valence-electron chi connectivity index (χ4n) is 1.29. The Labute approximate surface area is 84.2 Å². The van der Waals surface area contributed by atoms with Gasteiger partial charge in [-0.25, -0.2) is 4.39 Å². The normalized spacial score (nSPS) is 10.1. The first-order chi connectivity index (χ1) is 6.74. The first kappa shape index (κ1) is 8.97. The summed E-state index contributed by atoms with van der Waals surface area (Å²) < 4.78 is 18.9. The summed E-state index contributed by atoms with van der Waals surface area (Å²) in [5.74, 6) is 0.128. The van der Waals surface area contributed by atoms with E-state index in [1.54, 1.807) is 6.07 Å². The number of nitriles is 1. The largest absolute Gasteiger partial charge is 0.495 e. The molecule has 0 fully saturated rings. The minimum Gasteiger partial charge on any atom is -0.495 e. The molecule has 4 heteroatoms. The Morgan fingerprint density at radius 2 is 2.21 bits per heavy atom. The van der Waals surface area contributed by atoms with E-state index in [9.17, 15) is 4.39 Å². The summed E-state index contributed by atoms with van der Waals surface area (Å²) in [6.07, 6.45) is 0. The Bertz CT molecular complexity index is 527. The second-order valence-corrected chi connectivity index (χ2v) is 3.80. The summed E-state index contributed by atoms with van der Waals surface area (Å²) in [7, 11) is 1.49. The summed E-state index contributed by atoms with van der Waals surface area (Å²) >= 11 is 1.30. The first-order valence-corrected chi connectivity index (χ1v) is 4.73. The molecule has 0 spiro atoms. The van der Waals surface area contributed by atoms with Crippen LogP contribution in [0.15, 0.2) is 18.2 Å². The number of benzene rings is 1. The summed E-state index contributed by atoms with van der Waals surface area (Å²) in [6, 6.07) is 6.40. The van der Waals surface area contributed by atoms with E-state index in [1.165, 1.54) is 30.6 Å². The lowest BCUT2D eigenvalue weighted by atomic mass is 10.2. The highest BCUT2D eigenvalue weighted by atomic mass is 32.1. The number of halogens is 1. The first-order valence-electron chi connectivity index (χ1n) is 3.92. The van der Waals surface area contributed by atoms with Crippen LogP contribution in [0.1, 0.15) is 4.88 Å². The Morgan fingerprint density at radius 1 is 1.43 bits per heavy atom. The predicted molar refractivity (Wildman–Crippen MR) is 53.1 cm³/mol. The van der Waals surface area contributed by atoms with Gasteiger partial charge in [0.25, 0.3) is 0 Å². The summed E-state index contributed by atoms with van der Waals surface area (Å²) in [4.78, 5) is 0.559. The van der Waals surface area contributed by atoms with Crippen LogP contribution in [0.5, 0.6) is 5.75 Å². The molecule has 2 rings (SSSR count). The Kier molecular flexibility index (Phi) is 2.10. The van der Waals surface area contributed by atoms with E-state index in [0.29, 0.717) is 16.0 Å². The molecule has 0 amide bonds. The second kappa shape index (κ2) is 3.28. The van der Waals surface area contributed by atoms with Crippen molar-refractivity contribution in [2.45, 2.75) is 0 Å². The van der Waals surface area contributed by atoms with Crippen LogP contribution in [-0.4, -0.2) is 7.11 Å². The standard InChI is InChI=1S/C10H6FNOS/c1-13-9-4-7(11)2-6-3-8(5-12)14-10(6)9/h2-4H,1H3. The zero-order valence-corrected chi connectivity index (χ0v) is 8.19. The maximum atomic E-state index is 13.0. The summed E-state index contributed by atoms with van der Waals surface area (Å²) in [5.41, 5.74) is 0. The smallest absolute Gasteiger partial charge is 0.139 e. The fraction of sp³-hybridized carbons (Fsp3) is 0.100. The lowest BCUT2D eigenvalue weighted by Crippen LogP contribution is -1.83. The zero-order chi connectivity index (χ0) is 10.1. The average molecular weight is 207 g/mol. The number of thiophene rings is 1. The van der Waals surface area contributed by atoms with Gasteiger partial charge in [0.05, 0.1) is 11.8 Å². The van der Waals surface area contributed by atoms with Crippen LogP contribution in [0, 0.1) is 17.1 Å². The lowest BCUT2D eigenvalue weighted by molar-refractivity contribution is 0.417. The van der Waals surface area contributed by atoms with Gasteiger partial charge in [0.2, 0.25) is 0 Å². The number of nitrogens with zero attached hydrogens (tertiary/aromatic N) is 1. The average Bonchev–Trinajstić information content (AvgIpc) is 2.59. The molecule has 0 unspecified atom stereocenters. The number of ether oxygens (including phenoxy) is 1. The van der Waals surface area contributed by atoms with Crippen molar-refractivity contribution in [3.8, 4) is 11.8 Å². The molecule has 1 heterocycles. The molecule has 70 valence electrons. The van der Waals surface area contributed by atoms with Gasteiger partial charge in [0, 0.05) is 11.5 Å². The van der Waals surface area contributed by atoms with Crippen LogP contribution in [0.3, 0.4) is 0 Å². The van der Waals surface area contributed by atoms with Gasteiger partial charge in [-0.15, -0.1) is 11.3 Å². The third-order valence-corrected chi connectivity index (χ3v) is 2.95. The molecule has 2 aromatic rings. The number of hydrogen-bond acceptors (Lipinski definition) is 3. The molecular weight excluding hydrogens is 201 g/mol. The van der Waals surface area contributed by atoms with Crippen LogP contribution in [0.25, 0.3) is 10.1 Å². The molecule has 1 aromatic carbocycles. The number of rotatable bonds is 1. The minimum atomic E-state index is -0.350. The second-order valence-electron chi connectivity index (χ2n) is 2.75. The highest BCUT2D eigenvalue weighted by Gasteiger charge is 2.08. The highest BCUT2D eigenvalue weighted by Crippen LogP contribution is 2.33. The van der Waals surface area contributed by atoms with E-state index >= 15 is 0 Å². The third-order valence-electron chi connectivity index (χ3n) is 1.88. The van der Waals surface area contributed by atoms with Gasteiger partial charge in [0.1, 0.15) is 22.5 Å². The van der Waals surface area contributed by atoms with Crippen LogP contribution < -0.4 is 4.74 Å². The van der Waals surface area contributed by atoms with Gasteiger partial charge < -0.3 is 4.74 Å². The van der Waals surface area contributed by atoms with Gasteiger partial charge in [-0.1, -0.05) is 0 Å². The van der Waals surface area contributed by atoms with Gasteiger partial charge >= 0.3 is 0 Å². The zero-order valence-electron chi connectivity index (χ0n) is 7.37. The molecule has 0 N–H and O–H groups in total. The fourth-order valence-corrected chi connectivity index (χ4v) is 2.22. The predicted octanol–water partition coefficient (Wildman–Crippen LogP) is 2.92. The quantitative estimate of drug-likeness (QED) is 0.720. The van der Waals surface area contributed by atoms with E-state index < -0.39 is 0 Å². The highest BCUT2D eigenvalue weighted by molar-refractivity contribution is 7.19. The monoisotopic (exact) mass is 207 g/mol. The molecule has 0 aliphatic rings. The van der Waals surface area contributed by atoms with E-state index in [1.807, 2.05) is 6.07 Å². The topological polar surface area (TPSA) is 33.0 Å². The third kappa shape index (κ3) is 1.32. The van der Waals surface area contributed by atoms with E-state index in [0.717, 1.165) is 4.70 Å². The molecule has 1 aromatic heterocycles. The maximum Gasteiger partial charge on any atom is 0.139 e. The molecule has 0 aliphatic carbocycles. The van der Waals surface area contributed by atoms with E-state index in [4.69, 9.17) is 10.00 Å². The maximum absolute atomic E-state index is 13.0. The van der Waals surface area contributed by atoms with E-state index in [-0.39, 0.29) is 5.82 Å². The molecule has 0 saturated carbocycles. The van der Waals surface area contributed by atoms with Crippen molar-refractivity contribution in [2.75, 3.05) is 7.11 Å². The van der Waals surface area contributed by atoms with Crippen molar-refractivity contribution in [3.63, 3.8) is 0 Å². The number of fused-ring (bicyclic) bond motifs is 1. The van der Waals surface area contributed by atoms with E-state index in [2.05, 4.69) is 0 Å². The molecule has 0 radical (unpaired) electrons. The van der Waals surface area contributed by atoms with Crippen LogP contribution in [0.2, 0.25) is 0 Å². The summed E-state index contributed by atoms with van der Waals surface area (Å²) in [5, 5.41) is 9.41. The molecule has 0 atom stereocenters. The SMILES string of the molecule is COc1cc(F)cc2cc(C#N)sc12. The lowest BCUT2D eigenvalue weighted by Gasteiger charge is -2.00. The van der Waals surface area contributed by atoms with Crippen LogP contribution in [-0.2, 0) is 0 Å². The molecular formula is C10H6FNOS. The molecule has 14 heavy (non-hydrogen) atoms. The molecule has 0 aliphatic heterocycles. The Balaban J connectivity index is 2.79. The van der Waals surface area contributed by atoms with Crippen molar-refractivity contribution < 1.29 is 9.13 Å². The molecule has 2 nitrogen and oxygen atoms in total. The van der Waals surface area contributed by atoms with Gasteiger partial charge in [-0.3, -0.25) is 0 Å². The van der Waals surface area contributed by atoms with Crippen molar-refractivity contribution in [2.24, 2.45) is 0 Å². The minimum absolute atomic E-state index is 0.350. The number of methoxy groups -OCH3 is 1. The van der Waals surface area contributed by atoms with Crippen molar-refractivity contribution in [1.82, 2.24) is 0 Å². The van der Waals surface area contributed by atoms with Crippen molar-refractivity contribution >= 4 is 21.4 Å². The Hall–Kier alpha value is -1.60. The van der Waals surface area contributed by atoms with Crippen LogP contribution in [0.4, 0.5) is 4.39 Å². The molecule has 0 bridgehead atoms. The molecule has 0 saturated heterocycles. The summed E-state index contributed by atoms with van der Waals surface area (Å²) in [6.45, 7) is 0. The van der Waals surface area contributed by atoms with Gasteiger partial charge in [0.15, 0.2) is 0 Å². The Morgan fingerprint density at radius 3 is 2.86 bits per heavy atom.